The van der Waals surface area contributed by atoms with Crippen LogP contribution < -0.4 is 15.4 Å². The first-order valence-electron chi connectivity index (χ1n) is 9.44. The zero-order chi connectivity index (χ0) is 17.5. The Morgan fingerprint density at radius 3 is 2.76 bits per heavy atom. The van der Waals surface area contributed by atoms with Gasteiger partial charge in [-0.2, -0.15) is 0 Å². The Kier molecular flexibility index (Phi) is 6.53. The molecule has 1 aromatic carbocycles. The van der Waals surface area contributed by atoms with Crippen molar-refractivity contribution in [1.82, 2.24) is 20.4 Å². The molecule has 0 bridgehead atoms. The smallest absolute Gasteiger partial charge is 0.315 e. The third kappa shape index (κ3) is 5.34. The summed E-state index contributed by atoms with van der Waals surface area (Å²) in [4.78, 5) is 17.0. The summed E-state index contributed by atoms with van der Waals surface area (Å²) in [5, 5.41) is 5.99. The average Bonchev–Trinajstić information content (AvgIpc) is 2.65. The number of benzene rings is 1. The molecule has 2 N–H and O–H groups in total. The Hall–Kier alpha value is -1.79. The largest absolute Gasteiger partial charge is 0.491 e. The Bertz CT molecular complexity index is 558. The number of piperazine rings is 1. The molecular weight excluding hydrogens is 316 g/mol. The van der Waals surface area contributed by atoms with Gasteiger partial charge in [0.15, 0.2) is 0 Å². The lowest BCUT2D eigenvalue weighted by atomic mass is 10.0. The minimum absolute atomic E-state index is 0.0389. The van der Waals surface area contributed by atoms with Crippen molar-refractivity contribution < 1.29 is 9.53 Å². The molecule has 0 radical (unpaired) electrons. The Morgan fingerprint density at radius 2 is 1.96 bits per heavy atom. The molecule has 0 spiro atoms. The summed E-state index contributed by atoms with van der Waals surface area (Å²) in [6, 6.07) is 7.96. The van der Waals surface area contributed by atoms with Gasteiger partial charge in [0.1, 0.15) is 12.4 Å². The van der Waals surface area contributed by atoms with E-state index in [4.69, 9.17) is 4.74 Å². The molecule has 1 fully saturated rings. The van der Waals surface area contributed by atoms with Gasteiger partial charge in [-0.15, -0.1) is 0 Å². The summed E-state index contributed by atoms with van der Waals surface area (Å²) in [7, 11) is 0. The normalized spacial score (nSPS) is 21.2. The van der Waals surface area contributed by atoms with Crippen LogP contribution in [0.1, 0.15) is 18.9 Å². The van der Waals surface area contributed by atoms with Crippen LogP contribution in [0.15, 0.2) is 24.3 Å². The number of ether oxygens (including phenoxy) is 1. The fourth-order valence-electron chi connectivity index (χ4n) is 3.49. The van der Waals surface area contributed by atoms with Gasteiger partial charge in [0, 0.05) is 32.7 Å². The van der Waals surface area contributed by atoms with E-state index in [9.17, 15) is 4.79 Å². The van der Waals surface area contributed by atoms with E-state index in [1.165, 1.54) is 0 Å². The summed E-state index contributed by atoms with van der Waals surface area (Å²) in [5.74, 6) is 0.934. The maximum absolute atomic E-state index is 12.1. The van der Waals surface area contributed by atoms with Crippen LogP contribution in [0.3, 0.4) is 0 Å². The van der Waals surface area contributed by atoms with E-state index in [1.54, 1.807) is 0 Å². The number of carbonyl (C=O) groups excluding carboxylic acids is 1. The van der Waals surface area contributed by atoms with Gasteiger partial charge in [-0.05, 0) is 37.6 Å². The van der Waals surface area contributed by atoms with Gasteiger partial charge in [0.05, 0.1) is 6.04 Å². The maximum Gasteiger partial charge on any atom is 0.315 e. The van der Waals surface area contributed by atoms with Crippen molar-refractivity contribution in [2.24, 2.45) is 0 Å². The molecule has 1 atom stereocenters. The first-order chi connectivity index (χ1) is 12.2. The fraction of sp³-hybridized carbons (Fsp3) is 0.632. The zero-order valence-electron chi connectivity index (χ0n) is 15.2. The number of hydrogen-bond acceptors (Lipinski definition) is 4. The molecule has 0 unspecified atom stereocenters. The number of nitrogens with zero attached hydrogens (tertiary/aromatic N) is 2. The SMILES string of the molecule is CCN1CCN(CCCNC(=O)N[C@@H]2COc3ccccc3C2)CC1. The van der Waals surface area contributed by atoms with Crippen molar-refractivity contribution in [1.29, 1.82) is 0 Å². The molecule has 6 nitrogen and oxygen atoms in total. The third-order valence-corrected chi connectivity index (χ3v) is 5.06. The highest BCUT2D eigenvalue weighted by atomic mass is 16.5. The van der Waals surface area contributed by atoms with Crippen LogP contribution in [-0.4, -0.2) is 74.3 Å². The third-order valence-electron chi connectivity index (χ3n) is 5.06. The van der Waals surface area contributed by atoms with E-state index in [1.807, 2.05) is 18.2 Å². The highest BCUT2D eigenvalue weighted by Gasteiger charge is 2.21. The van der Waals surface area contributed by atoms with Crippen molar-refractivity contribution in [2.45, 2.75) is 25.8 Å². The second-order valence-electron chi connectivity index (χ2n) is 6.85. The molecule has 1 aromatic rings. The molecule has 2 aliphatic rings. The number of amides is 2. The Labute approximate surface area is 150 Å². The van der Waals surface area contributed by atoms with Crippen molar-refractivity contribution in [3.8, 4) is 5.75 Å². The predicted molar refractivity (Wildman–Crippen MR) is 99.1 cm³/mol. The standard InChI is InChI=1S/C19H30N4O2/c1-2-22-10-12-23(13-11-22)9-5-8-20-19(24)21-17-14-16-6-3-4-7-18(16)25-15-17/h3-4,6-7,17H,2,5,8-15H2,1H3,(H2,20,21,24)/t17-/m0/s1. The number of urea groups is 1. The van der Waals surface area contributed by atoms with Crippen molar-refractivity contribution in [3.05, 3.63) is 29.8 Å². The quantitative estimate of drug-likeness (QED) is 0.763. The van der Waals surface area contributed by atoms with E-state index < -0.39 is 0 Å². The number of carbonyl (C=O) groups is 1. The molecule has 0 aromatic heterocycles. The number of hydrogen-bond donors (Lipinski definition) is 2. The molecular formula is C19H30N4O2. The van der Waals surface area contributed by atoms with Crippen LogP contribution in [0.2, 0.25) is 0 Å². The van der Waals surface area contributed by atoms with Gasteiger partial charge in [-0.3, -0.25) is 0 Å². The molecule has 1 saturated heterocycles. The van der Waals surface area contributed by atoms with Gasteiger partial charge in [-0.25, -0.2) is 4.79 Å². The zero-order valence-corrected chi connectivity index (χ0v) is 15.2. The first kappa shape index (κ1) is 18.0. The average molecular weight is 346 g/mol. The van der Waals surface area contributed by atoms with Gasteiger partial charge >= 0.3 is 6.03 Å². The van der Waals surface area contributed by atoms with E-state index in [2.05, 4.69) is 33.4 Å². The van der Waals surface area contributed by atoms with Crippen molar-refractivity contribution in [2.75, 3.05) is 52.4 Å². The van der Waals surface area contributed by atoms with Crippen LogP contribution in [0.4, 0.5) is 4.79 Å². The second kappa shape index (κ2) is 9.06. The summed E-state index contributed by atoms with van der Waals surface area (Å²) in [5.41, 5.74) is 1.16. The van der Waals surface area contributed by atoms with Gasteiger partial charge in [0.2, 0.25) is 0 Å². The van der Waals surface area contributed by atoms with Crippen LogP contribution in [-0.2, 0) is 6.42 Å². The predicted octanol–water partition coefficient (Wildman–Crippen LogP) is 1.32. The fourth-order valence-corrected chi connectivity index (χ4v) is 3.49. The lowest BCUT2D eigenvalue weighted by Crippen LogP contribution is -2.48. The molecule has 6 heteroatoms. The van der Waals surface area contributed by atoms with Gasteiger partial charge < -0.3 is 25.2 Å². The van der Waals surface area contributed by atoms with Gasteiger partial charge in [-0.1, -0.05) is 25.1 Å². The van der Waals surface area contributed by atoms with E-state index in [0.717, 1.165) is 63.4 Å². The number of fused-ring (bicyclic) bond motifs is 1. The molecule has 0 aliphatic carbocycles. The van der Waals surface area contributed by atoms with Crippen LogP contribution >= 0.6 is 0 Å². The number of para-hydroxylation sites is 1. The van der Waals surface area contributed by atoms with Crippen LogP contribution in [0, 0.1) is 0 Å². The number of rotatable bonds is 6. The molecule has 2 amide bonds. The number of nitrogens with one attached hydrogen (secondary N) is 2. The minimum Gasteiger partial charge on any atom is -0.491 e. The lowest BCUT2D eigenvalue weighted by Gasteiger charge is -2.34. The molecule has 2 heterocycles. The van der Waals surface area contributed by atoms with Crippen LogP contribution in [0.25, 0.3) is 0 Å². The molecule has 138 valence electrons. The molecule has 2 aliphatic heterocycles. The maximum atomic E-state index is 12.1. The molecule has 3 rings (SSSR count). The summed E-state index contributed by atoms with van der Waals surface area (Å²) in [6.45, 7) is 10.3. The van der Waals surface area contributed by atoms with E-state index >= 15 is 0 Å². The molecule has 0 saturated carbocycles. The Balaban J connectivity index is 1.29. The summed E-state index contributed by atoms with van der Waals surface area (Å²) < 4.78 is 5.71. The Morgan fingerprint density at radius 1 is 1.20 bits per heavy atom. The number of likely N-dealkylation sites (N-methyl/N-ethyl adjacent to an activating group) is 1. The summed E-state index contributed by atoms with van der Waals surface area (Å²) >= 11 is 0. The van der Waals surface area contributed by atoms with Gasteiger partial charge in [0.25, 0.3) is 0 Å². The topological polar surface area (TPSA) is 56.8 Å². The van der Waals surface area contributed by atoms with Crippen LogP contribution in [0.5, 0.6) is 5.75 Å². The lowest BCUT2D eigenvalue weighted by molar-refractivity contribution is 0.136. The van der Waals surface area contributed by atoms with E-state index in [-0.39, 0.29) is 12.1 Å². The summed E-state index contributed by atoms with van der Waals surface area (Å²) in [6.07, 6.45) is 1.81. The molecule has 25 heavy (non-hydrogen) atoms. The monoisotopic (exact) mass is 346 g/mol. The second-order valence-corrected chi connectivity index (χ2v) is 6.85. The van der Waals surface area contributed by atoms with Crippen molar-refractivity contribution in [3.63, 3.8) is 0 Å². The first-order valence-corrected chi connectivity index (χ1v) is 9.44. The highest BCUT2D eigenvalue weighted by molar-refractivity contribution is 5.74. The minimum atomic E-state index is -0.0937. The highest BCUT2D eigenvalue weighted by Crippen LogP contribution is 2.23. The van der Waals surface area contributed by atoms with Crippen molar-refractivity contribution >= 4 is 6.03 Å². The van der Waals surface area contributed by atoms with E-state index in [0.29, 0.717) is 13.2 Å².